The van der Waals surface area contributed by atoms with Gasteiger partial charge in [-0.05, 0) is 61.0 Å². The van der Waals surface area contributed by atoms with Gasteiger partial charge in [0.15, 0.2) is 0 Å². The predicted octanol–water partition coefficient (Wildman–Crippen LogP) is 4.67. The van der Waals surface area contributed by atoms with Gasteiger partial charge >= 0.3 is 0 Å². The number of carbonyl (C=O) groups excluding carboxylic acids is 1. The standard InChI is InChI=1S/C20H19ClN4O2/c21-15-4-10-18(11-5-15)27-14-1-3-19(26)24-16-6-8-17(9-7-16)25-20-22-12-2-13-23-20/h2,4-13H,1,3,14H2,(H,24,26)(H,22,23,25). The Morgan fingerprint density at radius 1 is 0.963 bits per heavy atom. The molecule has 2 aromatic carbocycles. The van der Waals surface area contributed by atoms with E-state index in [9.17, 15) is 4.79 Å². The lowest BCUT2D eigenvalue weighted by Crippen LogP contribution is -2.12. The molecule has 0 atom stereocenters. The van der Waals surface area contributed by atoms with Crippen LogP contribution >= 0.6 is 11.6 Å². The third kappa shape index (κ3) is 6.27. The second-order valence-corrected chi connectivity index (χ2v) is 6.17. The molecule has 1 aromatic heterocycles. The highest BCUT2D eigenvalue weighted by Gasteiger charge is 2.04. The zero-order valence-electron chi connectivity index (χ0n) is 14.6. The molecule has 0 bridgehead atoms. The first-order chi connectivity index (χ1) is 13.2. The van der Waals surface area contributed by atoms with Gasteiger partial charge in [0.2, 0.25) is 11.9 Å². The van der Waals surface area contributed by atoms with E-state index in [2.05, 4.69) is 20.6 Å². The van der Waals surface area contributed by atoms with Crippen LogP contribution in [0.5, 0.6) is 5.75 Å². The Hall–Kier alpha value is -3.12. The first kappa shape index (κ1) is 18.7. The van der Waals surface area contributed by atoms with Crippen molar-refractivity contribution < 1.29 is 9.53 Å². The van der Waals surface area contributed by atoms with E-state index in [0.717, 1.165) is 17.1 Å². The summed E-state index contributed by atoms with van der Waals surface area (Å²) in [4.78, 5) is 20.2. The van der Waals surface area contributed by atoms with Crippen LogP contribution in [0.2, 0.25) is 5.02 Å². The Morgan fingerprint density at radius 3 is 2.33 bits per heavy atom. The largest absolute Gasteiger partial charge is 0.494 e. The highest BCUT2D eigenvalue weighted by Crippen LogP contribution is 2.17. The van der Waals surface area contributed by atoms with E-state index in [1.54, 1.807) is 42.7 Å². The summed E-state index contributed by atoms with van der Waals surface area (Å²) in [5.41, 5.74) is 1.58. The SMILES string of the molecule is O=C(CCCOc1ccc(Cl)cc1)Nc1ccc(Nc2ncccn2)cc1. The summed E-state index contributed by atoms with van der Waals surface area (Å²) in [5, 5.41) is 6.62. The van der Waals surface area contributed by atoms with Crippen LogP contribution in [0.25, 0.3) is 0 Å². The van der Waals surface area contributed by atoms with Crippen molar-refractivity contribution in [2.24, 2.45) is 0 Å². The van der Waals surface area contributed by atoms with Crippen LogP contribution in [0.15, 0.2) is 67.0 Å². The Labute approximate surface area is 162 Å². The molecule has 0 fully saturated rings. The number of halogens is 1. The van der Waals surface area contributed by atoms with Gasteiger partial charge in [-0.25, -0.2) is 9.97 Å². The van der Waals surface area contributed by atoms with Crippen molar-refractivity contribution in [3.05, 3.63) is 72.0 Å². The van der Waals surface area contributed by atoms with Crippen molar-refractivity contribution in [2.45, 2.75) is 12.8 Å². The number of hydrogen-bond donors (Lipinski definition) is 2. The lowest BCUT2D eigenvalue weighted by Gasteiger charge is -2.08. The summed E-state index contributed by atoms with van der Waals surface area (Å²) in [6.07, 6.45) is 4.34. The van der Waals surface area contributed by atoms with E-state index < -0.39 is 0 Å². The number of benzene rings is 2. The van der Waals surface area contributed by atoms with Crippen molar-refractivity contribution in [1.82, 2.24) is 9.97 Å². The number of ether oxygens (including phenoxy) is 1. The van der Waals surface area contributed by atoms with Crippen molar-refractivity contribution in [3.63, 3.8) is 0 Å². The van der Waals surface area contributed by atoms with Crippen molar-refractivity contribution in [2.75, 3.05) is 17.2 Å². The van der Waals surface area contributed by atoms with E-state index >= 15 is 0 Å². The highest BCUT2D eigenvalue weighted by atomic mass is 35.5. The minimum atomic E-state index is -0.0539. The van der Waals surface area contributed by atoms with Gasteiger partial charge in [-0.2, -0.15) is 0 Å². The van der Waals surface area contributed by atoms with Gasteiger partial charge in [0.05, 0.1) is 6.61 Å². The maximum absolute atomic E-state index is 12.0. The lowest BCUT2D eigenvalue weighted by molar-refractivity contribution is -0.116. The summed E-state index contributed by atoms with van der Waals surface area (Å²) in [6, 6.07) is 16.3. The minimum absolute atomic E-state index is 0.0539. The number of anilines is 3. The average Bonchev–Trinajstić information content (AvgIpc) is 2.69. The molecule has 1 heterocycles. The van der Waals surface area contributed by atoms with Gasteiger partial charge in [-0.1, -0.05) is 11.6 Å². The molecule has 0 aliphatic rings. The summed E-state index contributed by atoms with van der Waals surface area (Å²) >= 11 is 5.82. The summed E-state index contributed by atoms with van der Waals surface area (Å²) in [7, 11) is 0. The maximum atomic E-state index is 12.0. The van der Waals surface area contributed by atoms with E-state index in [-0.39, 0.29) is 5.91 Å². The number of aromatic nitrogens is 2. The fourth-order valence-corrected chi connectivity index (χ4v) is 2.43. The highest BCUT2D eigenvalue weighted by molar-refractivity contribution is 6.30. The molecule has 6 nitrogen and oxygen atoms in total. The Kier molecular flexibility index (Phi) is 6.60. The monoisotopic (exact) mass is 382 g/mol. The molecule has 0 unspecified atom stereocenters. The van der Waals surface area contributed by atoms with Crippen molar-refractivity contribution in [3.8, 4) is 5.75 Å². The van der Waals surface area contributed by atoms with Crippen LogP contribution in [-0.2, 0) is 4.79 Å². The lowest BCUT2D eigenvalue weighted by atomic mass is 10.2. The zero-order valence-corrected chi connectivity index (χ0v) is 15.3. The third-order valence-corrected chi connectivity index (χ3v) is 3.87. The summed E-state index contributed by atoms with van der Waals surface area (Å²) in [6.45, 7) is 0.467. The molecule has 0 aliphatic heterocycles. The molecule has 2 N–H and O–H groups in total. The Bertz CT molecular complexity index is 855. The molecule has 138 valence electrons. The van der Waals surface area contributed by atoms with Gasteiger partial charge in [-0.15, -0.1) is 0 Å². The van der Waals surface area contributed by atoms with Gasteiger partial charge < -0.3 is 15.4 Å². The van der Waals surface area contributed by atoms with Crippen LogP contribution in [-0.4, -0.2) is 22.5 Å². The molecular formula is C20H19ClN4O2. The first-order valence-electron chi connectivity index (χ1n) is 8.51. The number of nitrogens with zero attached hydrogens (tertiary/aromatic N) is 2. The normalized spacial score (nSPS) is 10.3. The quantitative estimate of drug-likeness (QED) is 0.553. The molecule has 3 aromatic rings. The molecule has 0 saturated carbocycles. The molecular weight excluding hydrogens is 364 g/mol. The fourth-order valence-electron chi connectivity index (χ4n) is 2.31. The van der Waals surface area contributed by atoms with Crippen molar-refractivity contribution >= 4 is 34.8 Å². The van der Waals surface area contributed by atoms with Gasteiger partial charge in [-0.3, -0.25) is 4.79 Å². The van der Waals surface area contributed by atoms with E-state index in [0.29, 0.717) is 30.4 Å². The second-order valence-electron chi connectivity index (χ2n) is 5.73. The smallest absolute Gasteiger partial charge is 0.227 e. The van der Waals surface area contributed by atoms with E-state index in [1.165, 1.54) is 0 Å². The fraction of sp³-hybridized carbons (Fsp3) is 0.150. The number of carbonyl (C=O) groups is 1. The molecule has 7 heteroatoms. The Balaban J connectivity index is 1.39. The second kappa shape index (κ2) is 9.54. The van der Waals surface area contributed by atoms with Gasteiger partial charge in [0, 0.05) is 35.2 Å². The van der Waals surface area contributed by atoms with Crippen LogP contribution in [0.1, 0.15) is 12.8 Å². The number of rotatable bonds is 8. The van der Waals surface area contributed by atoms with Crippen LogP contribution in [0.3, 0.4) is 0 Å². The molecule has 0 saturated heterocycles. The van der Waals surface area contributed by atoms with Crippen LogP contribution in [0.4, 0.5) is 17.3 Å². The molecule has 3 rings (SSSR count). The topological polar surface area (TPSA) is 76.1 Å². The van der Waals surface area contributed by atoms with Crippen LogP contribution in [0, 0.1) is 0 Å². The number of nitrogens with one attached hydrogen (secondary N) is 2. The van der Waals surface area contributed by atoms with Gasteiger partial charge in [0.1, 0.15) is 5.75 Å². The first-order valence-corrected chi connectivity index (χ1v) is 8.89. The number of amides is 1. The molecule has 1 amide bonds. The predicted molar refractivity (Wildman–Crippen MR) is 107 cm³/mol. The van der Waals surface area contributed by atoms with E-state index in [1.807, 2.05) is 24.3 Å². The maximum Gasteiger partial charge on any atom is 0.227 e. The zero-order chi connectivity index (χ0) is 18.9. The van der Waals surface area contributed by atoms with E-state index in [4.69, 9.17) is 16.3 Å². The Morgan fingerprint density at radius 2 is 1.63 bits per heavy atom. The summed E-state index contributed by atoms with van der Waals surface area (Å²) < 4.78 is 5.58. The van der Waals surface area contributed by atoms with Gasteiger partial charge in [0.25, 0.3) is 0 Å². The van der Waals surface area contributed by atoms with Crippen molar-refractivity contribution in [1.29, 1.82) is 0 Å². The number of hydrogen-bond acceptors (Lipinski definition) is 5. The molecule has 0 aliphatic carbocycles. The molecule has 0 radical (unpaired) electrons. The molecule has 27 heavy (non-hydrogen) atoms. The molecule has 0 spiro atoms. The minimum Gasteiger partial charge on any atom is -0.494 e. The average molecular weight is 383 g/mol. The summed E-state index contributed by atoms with van der Waals surface area (Å²) in [5.74, 6) is 1.21. The third-order valence-electron chi connectivity index (χ3n) is 3.62. The van der Waals surface area contributed by atoms with Crippen LogP contribution < -0.4 is 15.4 Å².